The first kappa shape index (κ1) is 16.0. The highest BCUT2D eigenvalue weighted by atomic mass is 16.6. The number of anilines is 1. The summed E-state index contributed by atoms with van der Waals surface area (Å²) in [5, 5.41) is 18.1. The van der Waals surface area contributed by atoms with Gasteiger partial charge in [0, 0.05) is 20.6 Å². The first-order chi connectivity index (χ1) is 11.5. The Balaban J connectivity index is 2.02. The number of nitro groups is 1. The normalized spacial score (nSPS) is 11.0. The monoisotopic (exact) mass is 324 g/mol. The topological polar surface area (TPSA) is 64.2 Å². The van der Waals surface area contributed by atoms with Gasteiger partial charge in [-0.05, 0) is 22.8 Å². The Morgan fingerprint density at radius 2 is 1.92 bits per heavy atom. The molecular weight excluding hydrogens is 304 g/mol. The van der Waals surface area contributed by atoms with E-state index in [1.807, 2.05) is 37.1 Å². The van der Waals surface area contributed by atoms with Gasteiger partial charge in [-0.2, -0.15) is 5.10 Å². The molecule has 3 aromatic rings. The number of nitrogens with zero attached hydrogens (tertiary/aromatic N) is 4. The minimum atomic E-state index is -0.333. The average Bonchev–Trinajstić information content (AvgIpc) is 2.92. The van der Waals surface area contributed by atoms with E-state index in [4.69, 9.17) is 0 Å². The molecule has 0 atom stereocenters. The van der Waals surface area contributed by atoms with Gasteiger partial charge >= 0.3 is 5.69 Å². The van der Waals surface area contributed by atoms with Gasteiger partial charge in [-0.3, -0.25) is 10.1 Å². The Bertz CT molecular complexity index is 896. The van der Waals surface area contributed by atoms with Crippen molar-refractivity contribution in [3.8, 4) is 0 Å². The van der Waals surface area contributed by atoms with Gasteiger partial charge in [0.2, 0.25) is 5.82 Å². The van der Waals surface area contributed by atoms with Gasteiger partial charge in [0.15, 0.2) is 0 Å². The van der Waals surface area contributed by atoms with E-state index in [0.717, 1.165) is 16.3 Å². The van der Waals surface area contributed by atoms with Crippen molar-refractivity contribution in [3.63, 3.8) is 0 Å². The summed E-state index contributed by atoms with van der Waals surface area (Å²) < 4.78 is 1.60. The molecule has 0 N–H and O–H groups in total. The second kappa shape index (κ2) is 6.31. The molecular formula is C18H20N4O2. The van der Waals surface area contributed by atoms with Crippen LogP contribution < -0.4 is 4.90 Å². The number of rotatable bonds is 5. The van der Waals surface area contributed by atoms with Crippen molar-refractivity contribution in [1.82, 2.24) is 9.78 Å². The number of fused-ring (bicyclic) bond motifs is 1. The van der Waals surface area contributed by atoms with Crippen LogP contribution in [0.25, 0.3) is 10.8 Å². The molecule has 0 fully saturated rings. The number of aryl methyl sites for hydroxylation is 2. The molecule has 124 valence electrons. The van der Waals surface area contributed by atoms with Crippen LogP contribution >= 0.6 is 0 Å². The van der Waals surface area contributed by atoms with E-state index >= 15 is 0 Å². The molecule has 0 saturated carbocycles. The molecule has 0 aliphatic rings. The van der Waals surface area contributed by atoms with Gasteiger partial charge in [-0.1, -0.05) is 49.4 Å². The van der Waals surface area contributed by atoms with Crippen molar-refractivity contribution in [2.45, 2.75) is 19.9 Å². The first-order valence-corrected chi connectivity index (χ1v) is 7.91. The van der Waals surface area contributed by atoms with Crippen LogP contribution in [0.5, 0.6) is 0 Å². The molecule has 1 heterocycles. The predicted octanol–water partition coefficient (Wildman–Crippen LogP) is 3.68. The molecule has 0 radical (unpaired) electrons. The van der Waals surface area contributed by atoms with Crippen molar-refractivity contribution in [3.05, 3.63) is 63.8 Å². The van der Waals surface area contributed by atoms with E-state index in [2.05, 4.69) is 29.4 Å². The molecule has 0 aliphatic carbocycles. The lowest BCUT2D eigenvalue weighted by molar-refractivity contribution is -0.384. The highest BCUT2D eigenvalue weighted by molar-refractivity contribution is 5.86. The largest absolute Gasteiger partial charge is 0.350 e. The summed E-state index contributed by atoms with van der Waals surface area (Å²) >= 11 is 0. The van der Waals surface area contributed by atoms with E-state index in [1.54, 1.807) is 11.7 Å². The molecule has 6 nitrogen and oxygen atoms in total. The van der Waals surface area contributed by atoms with Crippen LogP contribution in [0.2, 0.25) is 0 Å². The fourth-order valence-electron chi connectivity index (χ4n) is 3.17. The Morgan fingerprint density at radius 1 is 1.21 bits per heavy atom. The smallest absolute Gasteiger partial charge is 0.334 e. The van der Waals surface area contributed by atoms with Gasteiger partial charge < -0.3 is 4.90 Å². The maximum absolute atomic E-state index is 11.5. The minimum absolute atomic E-state index is 0.0998. The summed E-state index contributed by atoms with van der Waals surface area (Å²) in [7, 11) is 3.62. The fourth-order valence-corrected chi connectivity index (χ4v) is 3.17. The molecule has 0 unspecified atom stereocenters. The van der Waals surface area contributed by atoms with Crippen LogP contribution in [-0.4, -0.2) is 21.8 Å². The third kappa shape index (κ3) is 2.71. The number of hydrogen-bond acceptors (Lipinski definition) is 4. The Morgan fingerprint density at radius 3 is 2.62 bits per heavy atom. The summed E-state index contributed by atoms with van der Waals surface area (Å²) in [5.74, 6) is 0.532. The van der Waals surface area contributed by atoms with Gasteiger partial charge in [0.25, 0.3) is 0 Å². The van der Waals surface area contributed by atoms with Crippen LogP contribution in [0.3, 0.4) is 0 Å². The lowest BCUT2D eigenvalue weighted by Gasteiger charge is -2.19. The van der Waals surface area contributed by atoms with E-state index in [0.29, 0.717) is 24.5 Å². The highest BCUT2D eigenvalue weighted by Crippen LogP contribution is 2.32. The van der Waals surface area contributed by atoms with Crippen LogP contribution in [0.15, 0.2) is 42.5 Å². The van der Waals surface area contributed by atoms with Crippen molar-refractivity contribution in [1.29, 1.82) is 0 Å². The fraction of sp³-hybridized carbons (Fsp3) is 0.278. The molecule has 3 rings (SSSR count). The summed E-state index contributed by atoms with van der Waals surface area (Å²) in [6.07, 6.45) is 0.534. The quantitative estimate of drug-likeness (QED) is 0.530. The zero-order chi connectivity index (χ0) is 17.3. The Labute approximate surface area is 140 Å². The minimum Gasteiger partial charge on any atom is -0.350 e. The highest BCUT2D eigenvalue weighted by Gasteiger charge is 2.28. The van der Waals surface area contributed by atoms with Gasteiger partial charge in [0.05, 0.1) is 4.92 Å². The Kier molecular flexibility index (Phi) is 4.20. The molecule has 1 aromatic heterocycles. The predicted molar refractivity (Wildman–Crippen MR) is 95.3 cm³/mol. The van der Waals surface area contributed by atoms with Crippen LogP contribution in [0.1, 0.15) is 18.2 Å². The van der Waals surface area contributed by atoms with E-state index in [-0.39, 0.29) is 10.6 Å². The zero-order valence-corrected chi connectivity index (χ0v) is 14.1. The first-order valence-electron chi connectivity index (χ1n) is 7.91. The lowest BCUT2D eigenvalue weighted by atomic mass is 10.0. The number of aromatic nitrogens is 2. The maximum atomic E-state index is 11.5. The van der Waals surface area contributed by atoms with E-state index < -0.39 is 0 Å². The molecule has 0 bridgehead atoms. The summed E-state index contributed by atoms with van der Waals surface area (Å²) in [6, 6.07) is 14.3. The molecule has 6 heteroatoms. The second-order valence-corrected chi connectivity index (χ2v) is 5.85. The van der Waals surface area contributed by atoms with Crippen molar-refractivity contribution < 1.29 is 4.92 Å². The van der Waals surface area contributed by atoms with Gasteiger partial charge in [-0.25, -0.2) is 4.68 Å². The Hall–Kier alpha value is -2.89. The lowest BCUT2D eigenvalue weighted by Crippen LogP contribution is -2.20. The molecule has 0 spiro atoms. The van der Waals surface area contributed by atoms with Crippen molar-refractivity contribution in [2.24, 2.45) is 7.05 Å². The summed E-state index contributed by atoms with van der Waals surface area (Å²) in [6.45, 7) is 2.45. The molecule has 24 heavy (non-hydrogen) atoms. The van der Waals surface area contributed by atoms with Crippen LogP contribution in [-0.2, 0) is 20.0 Å². The molecule has 0 amide bonds. The summed E-state index contributed by atoms with van der Waals surface area (Å²) in [4.78, 5) is 13.1. The van der Waals surface area contributed by atoms with Crippen molar-refractivity contribution in [2.75, 3.05) is 11.9 Å². The van der Waals surface area contributed by atoms with Crippen molar-refractivity contribution >= 4 is 22.3 Å². The maximum Gasteiger partial charge on any atom is 0.334 e. The third-order valence-electron chi connectivity index (χ3n) is 4.23. The number of hydrogen-bond donors (Lipinski definition) is 0. The standard InChI is InChI=1S/C18H20N4O2/c1-4-16-17(22(23)24)18(21(3)19-16)20(2)12-14-10-7-9-13-8-5-6-11-15(13)14/h5-11H,4,12H2,1-3H3. The van der Waals surface area contributed by atoms with E-state index in [1.165, 1.54) is 0 Å². The SMILES string of the molecule is CCc1nn(C)c(N(C)Cc2cccc3ccccc23)c1[N+](=O)[O-]. The summed E-state index contributed by atoms with van der Waals surface area (Å²) in [5.41, 5.74) is 1.74. The van der Waals surface area contributed by atoms with Crippen LogP contribution in [0, 0.1) is 10.1 Å². The van der Waals surface area contributed by atoms with E-state index in [9.17, 15) is 10.1 Å². The number of benzene rings is 2. The average molecular weight is 324 g/mol. The second-order valence-electron chi connectivity index (χ2n) is 5.85. The molecule has 0 saturated heterocycles. The molecule has 0 aliphatic heterocycles. The van der Waals surface area contributed by atoms with Gasteiger partial charge in [-0.15, -0.1) is 0 Å². The molecule has 2 aromatic carbocycles. The van der Waals surface area contributed by atoms with Gasteiger partial charge in [0.1, 0.15) is 5.69 Å². The third-order valence-corrected chi connectivity index (χ3v) is 4.23. The van der Waals surface area contributed by atoms with Crippen LogP contribution in [0.4, 0.5) is 11.5 Å². The zero-order valence-electron chi connectivity index (χ0n) is 14.1.